The van der Waals surface area contributed by atoms with Gasteiger partial charge in [0.2, 0.25) is 11.8 Å². The van der Waals surface area contributed by atoms with Gasteiger partial charge in [0, 0.05) is 53.9 Å². The molecule has 1 saturated heterocycles. The molecule has 1 heterocycles. The number of amides is 3. The van der Waals surface area contributed by atoms with Crippen molar-refractivity contribution in [2.24, 2.45) is 5.73 Å². The quantitative estimate of drug-likeness (QED) is 0.244. The van der Waals surface area contributed by atoms with Crippen molar-refractivity contribution in [1.29, 1.82) is 0 Å². The van der Waals surface area contributed by atoms with Gasteiger partial charge < -0.3 is 21.3 Å². The predicted molar refractivity (Wildman–Crippen MR) is 146 cm³/mol. The molecule has 2 aliphatic rings. The molecule has 1 fully saturated rings. The van der Waals surface area contributed by atoms with Crippen molar-refractivity contribution in [3.63, 3.8) is 0 Å². The van der Waals surface area contributed by atoms with Crippen molar-refractivity contribution in [1.82, 2.24) is 10.2 Å². The van der Waals surface area contributed by atoms with Gasteiger partial charge in [0.15, 0.2) is 17.3 Å². The summed E-state index contributed by atoms with van der Waals surface area (Å²) in [6, 6.07) is 4.98. The van der Waals surface area contributed by atoms with Gasteiger partial charge in [-0.3, -0.25) is 38.9 Å². The Morgan fingerprint density at radius 1 is 0.976 bits per heavy atom. The number of nitrogens with two attached hydrogens (primary N) is 1. The number of hydrogen-bond donors (Lipinski definition) is 3. The molecular weight excluding hydrogens is 534 g/mol. The fraction of sp³-hybridized carbons (Fsp3) is 0.357. The molecule has 0 aromatic heterocycles. The highest BCUT2D eigenvalue weighted by molar-refractivity contribution is 6.24. The fourth-order valence-corrected chi connectivity index (χ4v) is 5.06. The molecule has 214 valence electrons. The minimum atomic E-state index is -0.940. The normalized spacial score (nSPS) is 17.8. The molecule has 2 aromatic carbocycles. The molecule has 2 aromatic rings. The summed E-state index contributed by atoms with van der Waals surface area (Å²) in [6.07, 6.45) is 0.567. The smallest absolute Gasteiger partial charge is 0.269 e. The maximum Gasteiger partial charge on any atom is 0.269 e. The SMILES string of the molecule is C[C@H](N)C(=O)N[C@@H](C)C(=O)N1CCC[C@H]1C(=O)c1ccc(C(=O)Nc2ccc([N+](=O)[O-])cc2)c2c1C(=O)CCC2=O. The molecule has 0 radical (unpaired) electrons. The standard InChI is InChI=1S/C28H29N5O8/c1-14(29)26(37)30-15(2)28(39)32-13-3-4-20(32)25(36)18-9-10-19(24-22(35)12-11-21(34)23(18)24)27(38)31-16-5-7-17(8-6-16)33(40)41/h5-10,14-15,20H,3-4,11-13,29H2,1-2H3,(H,30,37)(H,31,38)/t14-,15-,20-/m0/s1. The van der Waals surface area contributed by atoms with Crippen LogP contribution >= 0.6 is 0 Å². The lowest BCUT2D eigenvalue weighted by Crippen LogP contribution is -2.53. The van der Waals surface area contributed by atoms with Crippen molar-refractivity contribution in [2.45, 2.75) is 57.7 Å². The van der Waals surface area contributed by atoms with E-state index in [9.17, 15) is 38.9 Å². The monoisotopic (exact) mass is 563 g/mol. The first kappa shape index (κ1) is 29.2. The molecule has 0 unspecified atom stereocenters. The minimum absolute atomic E-state index is 0.0538. The van der Waals surface area contributed by atoms with E-state index in [1.54, 1.807) is 0 Å². The Balaban J connectivity index is 1.64. The fourth-order valence-electron chi connectivity index (χ4n) is 5.06. The second kappa shape index (κ2) is 11.8. The summed E-state index contributed by atoms with van der Waals surface area (Å²) in [7, 11) is 0. The number of anilines is 1. The molecule has 1 aliphatic heterocycles. The second-order valence-corrected chi connectivity index (χ2v) is 10.1. The number of ketones is 3. The first-order chi connectivity index (χ1) is 19.4. The van der Waals surface area contributed by atoms with Crippen LogP contribution in [-0.4, -0.2) is 69.6 Å². The van der Waals surface area contributed by atoms with E-state index in [4.69, 9.17) is 5.73 Å². The van der Waals surface area contributed by atoms with Crippen molar-refractivity contribution in [3.8, 4) is 0 Å². The van der Waals surface area contributed by atoms with Crippen LogP contribution in [0.3, 0.4) is 0 Å². The van der Waals surface area contributed by atoms with Crippen LogP contribution in [0.2, 0.25) is 0 Å². The summed E-state index contributed by atoms with van der Waals surface area (Å²) in [5, 5.41) is 16.0. The Bertz CT molecular complexity index is 1470. The maximum absolute atomic E-state index is 13.8. The average molecular weight is 564 g/mol. The molecule has 1 aliphatic carbocycles. The Morgan fingerprint density at radius 3 is 2.15 bits per heavy atom. The van der Waals surface area contributed by atoms with Crippen molar-refractivity contribution in [2.75, 3.05) is 11.9 Å². The Morgan fingerprint density at radius 2 is 1.56 bits per heavy atom. The second-order valence-electron chi connectivity index (χ2n) is 10.1. The van der Waals surface area contributed by atoms with E-state index in [1.165, 1.54) is 55.1 Å². The van der Waals surface area contributed by atoms with Gasteiger partial charge >= 0.3 is 0 Å². The van der Waals surface area contributed by atoms with Gasteiger partial charge in [0.05, 0.1) is 22.6 Å². The average Bonchev–Trinajstić information content (AvgIpc) is 3.43. The van der Waals surface area contributed by atoms with Gasteiger partial charge in [-0.15, -0.1) is 0 Å². The summed E-state index contributed by atoms with van der Waals surface area (Å²) < 4.78 is 0. The van der Waals surface area contributed by atoms with Gasteiger partial charge in [-0.05, 0) is 51.0 Å². The van der Waals surface area contributed by atoms with Crippen LogP contribution in [0.1, 0.15) is 81.0 Å². The van der Waals surface area contributed by atoms with Crippen LogP contribution in [-0.2, 0) is 9.59 Å². The molecule has 13 nitrogen and oxygen atoms in total. The highest BCUT2D eigenvalue weighted by atomic mass is 16.6. The minimum Gasteiger partial charge on any atom is -0.343 e. The number of nitro benzene ring substituents is 1. The number of nitrogens with one attached hydrogen (secondary N) is 2. The molecule has 3 amide bonds. The van der Waals surface area contributed by atoms with Gasteiger partial charge in [-0.2, -0.15) is 0 Å². The summed E-state index contributed by atoms with van der Waals surface area (Å²) in [5.74, 6) is -3.22. The third-order valence-corrected chi connectivity index (χ3v) is 7.17. The predicted octanol–water partition coefficient (Wildman–Crippen LogP) is 2.03. The number of rotatable bonds is 8. The Hall–Kier alpha value is -4.78. The molecule has 3 atom stereocenters. The van der Waals surface area contributed by atoms with Gasteiger partial charge in [-0.1, -0.05) is 0 Å². The Kier molecular flexibility index (Phi) is 8.38. The number of hydrogen-bond acceptors (Lipinski definition) is 9. The number of nitrogens with zero attached hydrogens (tertiary/aromatic N) is 2. The van der Waals surface area contributed by atoms with Gasteiger partial charge in [0.25, 0.3) is 11.6 Å². The first-order valence-electron chi connectivity index (χ1n) is 13.1. The molecule has 0 bridgehead atoms. The number of carbonyl (C=O) groups is 6. The highest BCUT2D eigenvalue weighted by Gasteiger charge is 2.40. The zero-order chi connectivity index (χ0) is 30.0. The Labute approximate surface area is 234 Å². The van der Waals surface area contributed by atoms with Crippen molar-refractivity contribution >= 4 is 46.4 Å². The molecule has 13 heteroatoms. The summed E-state index contributed by atoms with van der Waals surface area (Å²) in [4.78, 5) is 89.8. The summed E-state index contributed by atoms with van der Waals surface area (Å²) in [6.45, 7) is 3.23. The number of benzene rings is 2. The van der Waals surface area contributed by atoms with Crippen molar-refractivity contribution in [3.05, 3.63) is 68.8 Å². The summed E-state index contributed by atoms with van der Waals surface area (Å²) >= 11 is 0. The van der Waals surface area contributed by atoms with E-state index in [1.807, 2.05) is 0 Å². The largest absolute Gasteiger partial charge is 0.343 e. The number of carbonyl (C=O) groups excluding carboxylic acids is 6. The van der Waals surface area contributed by atoms with E-state index >= 15 is 0 Å². The third kappa shape index (κ3) is 5.89. The number of fused-ring (bicyclic) bond motifs is 1. The van der Waals surface area contributed by atoms with E-state index < -0.39 is 58.1 Å². The molecule has 41 heavy (non-hydrogen) atoms. The lowest BCUT2D eigenvalue weighted by Gasteiger charge is -2.28. The number of likely N-dealkylation sites (tertiary alicyclic amines) is 1. The number of Topliss-reactive ketones (excluding diaryl/α,β-unsaturated/α-hetero) is 3. The molecule has 4 rings (SSSR count). The highest BCUT2D eigenvalue weighted by Crippen LogP contribution is 2.32. The molecular formula is C28H29N5O8. The summed E-state index contributed by atoms with van der Waals surface area (Å²) in [5.41, 5.74) is 5.14. The van der Waals surface area contributed by atoms with E-state index in [0.29, 0.717) is 12.8 Å². The van der Waals surface area contributed by atoms with E-state index in [0.717, 1.165) is 0 Å². The van der Waals surface area contributed by atoms with Gasteiger partial charge in [0.1, 0.15) is 6.04 Å². The lowest BCUT2D eigenvalue weighted by molar-refractivity contribution is -0.384. The molecule has 0 spiro atoms. The van der Waals surface area contributed by atoms with Crippen LogP contribution in [0.4, 0.5) is 11.4 Å². The van der Waals surface area contributed by atoms with Gasteiger partial charge in [-0.25, -0.2) is 0 Å². The van der Waals surface area contributed by atoms with Crippen LogP contribution in [0.15, 0.2) is 36.4 Å². The maximum atomic E-state index is 13.8. The first-order valence-corrected chi connectivity index (χ1v) is 13.1. The zero-order valence-corrected chi connectivity index (χ0v) is 22.5. The number of nitro groups is 1. The molecule has 4 N–H and O–H groups in total. The van der Waals surface area contributed by atoms with Crippen LogP contribution in [0, 0.1) is 10.1 Å². The third-order valence-electron chi connectivity index (χ3n) is 7.17. The van der Waals surface area contributed by atoms with E-state index in [2.05, 4.69) is 10.6 Å². The molecule has 0 saturated carbocycles. The lowest BCUT2D eigenvalue weighted by atomic mass is 9.81. The number of non-ortho nitro benzene ring substituents is 1. The van der Waals surface area contributed by atoms with Crippen LogP contribution in [0.5, 0.6) is 0 Å². The van der Waals surface area contributed by atoms with Crippen LogP contribution < -0.4 is 16.4 Å². The van der Waals surface area contributed by atoms with E-state index in [-0.39, 0.29) is 53.0 Å². The zero-order valence-electron chi connectivity index (χ0n) is 22.5. The topological polar surface area (TPSA) is 199 Å². The van der Waals surface area contributed by atoms with Crippen molar-refractivity contribution < 1.29 is 33.7 Å². The van der Waals surface area contributed by atoms with Crippen LogP contribution in [0.25, 0.3) is 0 Å².